The monoisotopic (exact) mass is 563 g/mol. The first-order valence-corrected chi connectivity index (χ1v) is 12.7. The van der Waals surface area contributed by atoms with Gasteiger partial charge in [-0.05, 0) is 36.8 Å². The number of esters is 1. The highest BCUT2D eigenvalue weighted by Crippen LogP contribution is 2.52. The largest absolute Gasteiger partial charge is 0.484 e. The van der Waals surface area contributed by atoms with Gasteiger partial charge in [-0.15, -0.1) is 11.8 Å². The van der Waals surface area contributed by atoms with Gasteiger partial charge in [0.1, 0.15) is 29.8 Å². The van der Waals surface area contributed by atoms with Gasteiger partial charge in [-0.3, -0.25) is 19.7 Å². The number of thioether (sulfide) groups is 1. The number of nitro benzene ring substituents is 1. The SMILES string of the molecule is C[C@@]1(CBr)S[C@H]2C(NC(=O)COc3ccccc3)C(=O)N2C1C(=O)OCc1ccc([N+](=O)[O-])cc1. The summed E-state index contributed by atoms with van der Waals surface area (Å²) >= 11 is 4.87. The number of benzene rings is 2. The fourth-order valence-corrected chi connectivity index (χ4v) is 6.26. The molecule has 0 aliphatic carbocycles. The van der Waals surface area contributed by atoms with Crippen molar-refractivity contribution in [1.29, 1.82) is 0 Å². The molecule has 2 aromatic carbocycles. The predicted octanol–water partition coefficient (Wildman–Crippen LogP) is 2.64. The summed E-state index contributed by atoms with van der Waals surface area (Å²) in [6.45, 7) is 1.54. The molecule has 0 radical (unpaired) electrons. The lowest BCUT2D eigenvalue weighted by atomic mass is 9.96. The fraction of sp³-hybridized carbons (Fsp3) is 0.348. The maximum Gasteiger partial charge on any atom is 0.330 e. The number of amides is 2. The molecular weight excluding hydrogens is 542 g/mol. The first-order chi connectivity index (χ1) is 16.7. The number of rotatable bonds is 9. The molecule has 0 aromatic heterocycles. The van der Waals surface area contributed by atoms with E-state index in [4.69, 9.17) is 9.47 Å². The summed E-state index contributed by atoms with van der Waals surface area (Å²) < 4.78 is 10.2. The molecule has 0 spiro atoms. The number of para-hydroxylation sites is 1. The quantitative estimate of drug-likeness (QED) is 0.162. The Morgan fingerprint density at radius 1 is 1.20 bits per heavy atom. The van der Waals surface area contributed by atoms with E-state index in [1.807, 2.05) is 13.0 Å². The number of hydrogen-bond donors (Lipinski definition) is 1. The Hall–Kier alpha value is -3.12. The van der Waals surface area contributed by atoms with Crippen LogP contribution in [0, 0.1) is 10.1 Å². The number of ether oxygens (including phenoxy) is 2. The number of nitrogens with zero attached hydrogens (tertiary/aromatic N) is 2. The van der Waals surface area contributed by atoms with Gasteiger partial charge in [-0.2, -0.15) is 0 Å². The summed E-state index contributed by atoms with van der Waals surface area (Å²) in [5, 5.41) is 13.5. The van der Waals surface area contributed by atoms with Gasteiger partial charge in [-0.1, -0.05) is 34.1 Å². The normalized spacial score (nSPS) is 24.8. The van der Waals surface area contributed by atoms with Crippen molar-refractivity contribution in [3.8, 4) is 5.75 Å². The first-order valence-electron chi connectivity index (χ1n) is 10.7. The van der Waals surface area contributed by atoms with Gasteiger partial charge in [0.15, 0.2) is 6.61 Å². The van der Waals surface area contributed by atoms with E-state index in [2.05, 4.69) is 21.2 Å². The zero-order valence-electron chi connectivity index (χ0n) is 18.6. The molecule has 2 aliphatic rings. The number of nitrogens with one attached hydrogen (secondary N) is 1. The third-order valence-corrected chi connectivity index (χ3v) is 8.96. The molecule has 2 aromatic rings. The van der Waals surface area contributed by atoms with Gasteiger partial charge < -0.3 is 19.7 Å². The van der Waals surface area contributed by atoms with E-state index in [9.17, 15) is 24.5 Å². The highest BCUT2D eigenvalue weighted by atomic mass is 79.9. The lowest BCUT2D eigenvalue weighted by Gasteiger charge is -2.43. The van der Waals surface area contributed by atoms with E-state index in [0.717, 1.165) is 0 Å². The van der Waals surface area contributed by atoms with Crippen molar-refractivity contribution in [2.75, 3.05) is 11.9 Å². The third-order valence-electron chi connectivity index (χ3n) is 5.77. The van der Waals surface area contributed by atoms with Gasteiger partial charge in [0.25, 0.3) is 11.6 Å². The van der Waals surface area contributed by atoms with E-state index in [1.54, 1.807) is 24.3 Å². The fourth-order valence-electron chi connectivity index (χ4n) is 3.95. The topological polar surface area (TPSA) is 128 Å². The van der Waals surface area contributed by atoms with Crippen molar-refractivity contribution in [1.82, 2.24) is 10.2 Å². The van der Waals surface area contributed by atoms with Crippen LogP contribution in [0.15, 0.2) is 54.6 Å². The average Bonchev–Trinajstić information content (AvgIpc) is 3.15. The maximum atomic E-state index is 13.0. The molecule has 184 valence electrons. The van der Waals surface area contributed by atoms with E-state index < -0.39 is 39.0 Å². The Morgan fingerprint density at radius 3 is 2.51 bits per heavy atom. The Kier molecular flexibility index (Phi) is 7.31. The lowest BCUT2D eigenvalue weighted by Crippen LogP contribution is -2.71. The molecule has 2 saturated heterocycles. The molecule has 10 nitrogen and oxygen atoms in total. The van der Waals surface area contributed by atoms with Crippen molar-refractivity contribution in [3.05, 3.63) is 70.3 Å². The molecule has 0 saturated carbocycles. The molecule has 1 N–H and O–H groups in total. The second kappa shape index (κ2) is 10.2. The van der Waals surface area contributed by atoms with Crippen molar-refractivity contribution in [2.24, 2.45) is 0 Å². The Morgan fingerprint density at radius 2 is 1.89 bits per heavy atom. The Labute approximate surface area is 213 Å². The number of halogens is 1. The summed E-state index contributed by atoms with van der Waals surface area (Å²) in [6.07, 6.45) is 0. The molecule has 4 rings (SSSR count). The molecule has 35 heavy (non-hydrogen) atoms. The molecule has 2 aliphatic heterocycles. The van der Waals surface area contributed by atoms with Crippen LogP contribution in [0.5, 0.6) is 5.75 Å². The van der Waals surface area contributed by atoms with Crippen LogP contribution in [0.3, 0.4) is 0 Å². The van der Waals surface area contributed by atoms with Gasteiger partial charge in [0.05, 0.1) is 9.67 Å². The smallest absolute Gasteiger partial charge is 0.330 e. The number of alkyl halides is 1. The number of non-ortho nitro benzene ring substituents is 1. The van der Waals surface area contributed by atoms with Crippen LogP contribution < -0.4 is 10.1 Å². The number of nitro groups is 1. The highest BCUT2D eigenvalue weighted by molar-refractivity contribution is 9.09. The molecule has 2 amide bonds. The standard InChI is InChI=1S/C23H22BrN3O7S/c1-23(13-24)19(22(30)34-11-14-7-9-15(10-8-14)27(31)32)26-20(29)18(21(26)35-23)25-17(28)12-33-16-5-3-2-4-6-16/h2-10,18-19,21H,11-13H2,1H3,(H,25,28)/t18?,19?,21-,23-/m0/s1. The minimum atomic E-state index is -0.851. The number of carbonyl (C=O) groups is 3. The Bertz CT molecular complexity index is 1130. The number of carbonyl (C=O) groups excluding carboxylic acids is 3. The average molecular weight is 564 g/mol. The van der Waals surface area contributed by atoms with Crippen LogP contribution in [0.4, 0.5) is 5.69 Å². The van der Waals surface area contributed by atoms with E-state index in [-0.39, 0.29) is 24.8 Å². The molecule has 12 heteroatoms. The maximum absolute atomic E-state index is 13.0. The zero-order valence-corrected chi connectivity index (χ0v) is 21.0. The minimum absolute atomic E-state index is 0.0598. The number of hydrogen-bond acceptors (Lipinski definition) is 8. The molecule has 2 fully saturated rings. The Balaban J connectivity index is 1.36. The second-order valence-corrected chi connectivity index (χ2v) is 10.5. The molecular formula is C23H22BrN3O7S. The molecule has 4 atom stereocenters. The van der Waals surface area contributed by atoms with Crippen LogP contribution >= 0.6 is 27.7 Å². The first kappa shape index (κ1) is 25.0. The molecule has 2 heterocycles. The summed E-state index contributed by atoms with van der Waals surface area (Å²) in [7, 11) is 0. The molecule has 0 bridgehead atoms. The van der Waals surface area contributed by atoms with E-state index in [0.29, 0.717) is 16.6 Å². The summed E-state index contributed by atoms with van der Waals surface area (Å²) in [5.41, 5.74) is 0.528. The van der Waals surface area contributed by atoms with Crippen molar-refractivity contribution in [3.63, 3.8) is 0 Å². The van der Waals surface area contributed by atoms with E-state index in [1.165, 1.54) is 40.9 Å². The number of fused-ring (bicyclic) bond motifs is 1. The summed E-state index contributed by atoms with van der Waals surface area (Å²) in [6, 6.07) is 12.9. The van der Waals surface area contributed by atoms with Gasteiger partial charge in [0, 0.05) is 17.5 Å². The second-order valence-electron chi connectivity index (χ2n) is 8.28. The minimum Gasteiger partial charge on any atom is -0.484 e. The molecule has 2 unspecified atom stereocenters. The van der Waals surface area contributed by atoms with Crippen LogP contribution in [-0.4, -0.2) is 61.7 Å². The third kappa shape index (κ3) is 5.13. The van der Waals surface area contributed by atoms with Gasteiger partial charge >= 0.3 is 5.97 Å². The summed E-state index contributed by atoms with van der Waals surface area (Å²) in [4.78, 5) is 50.1. The van der Waals surface area contributed by atoms with Gasteiger partial charge in [0.2, 0.25) is 5.91 Å². The van der Waals surface area contributed by atoms with Crippen LogP contribution in [0.2, 0.25) is 0 Å². The zero-order chi connectivity index (χ0) is 25.2. The highest BCUT2D eigenvalue weighted by Gasteiger charge is 2.65. The van der Waals surface area contributed by atoms with Gasteiger partial charge in [-0.25, -0.2) is 4.79 Å². The van der Waals surface area contributed by atoms with Crippen LogP contribution in [0.1, 0.15) is 12.5 Å². The van der Waals surface area contributed by atoms with Crippen molar-refractivity contribution < 1.29 is 28.8 Å². The van der Waals surface area contributed by atoms with Crippen LogP contribution in [0.25, 0.3) is 0 Å². The lowest BCUT2D eigenvalue weighted by molar-refractivity contribution is -0.384. The van der Waals surface area contributed by atoms with E-state index >= 15 is 0 Å². The number of β-lactam (4-membered cyclic amide) rings is 1. The van der Waals surface area contributed by atoms with Crippen molar-refractivity contribution in [2.45, 2.75) is 35.7 Å². The summed E-state index contributed by atoms with van der Waals surface area (Å²) in [5.74, 6) is -0.831. The van der Waals surface area contributed by atoms with Crippen LogP contribution in [-0.2, 0) is 25.7 Å². The van der Waals surface area contributed by atoms with Crippen molar-refractivity contribution >= 4 is 51.2 Å². The predicted molar refractivity (Wildman–Crippen MR) is 131 cm³/mol.